The van der Waals surface area contributed by atoms with Crippen LogP contribution in [0.4, 0.5) is 0 Å². The zero-order valence-corrected chi connectivity index (χ0v) is 11.8. The summed E-state index contributed by atoms with van der Waals surface area (Å²) in [6, 6.07) is 0. The molecule has 1 unspecified atom stereocenters. The number of aromatic amines is 1. The predicted molar refractivity (Wildman–Crippen MR) is 71.3 cm³/mol. The lowest BCUT2D eigenvalue weighted by Crippen LogP contribution is -2.33. The molecule has 0 saturated carbocycles. The number of hydrogen-bond acceptors (Lipinski definition) is 4. The van der Waals surface area contributed by atoms with Crippen molar-refractivity contribution in [3.8, 4) is 0 Å². The summed E-state index contributed by atoms with van der Waals surface area (Å²) in [4.78, 5) is 2.43. The van der Waals surface area contributed by atoms with Crippen LogP contribution >= 0.6 is 12.2 Å². The van der Waals surface area contributed by atoms with Gasteiger partial charge in [-0.2, -0.15) is 5.21 Å². The molecule has 1 atom stereocenters. The third kappa shape index (κ3) is 4.20. The van der Waals surface area contributed by atoms with Crippen molar-refractivity contribution in [3.63, 3.8) is 0 Å². The second kappa shape index (κ2) is 7.55. The van der Waals surface area contributed by atoms with Crippen LogP contribution in [0.15, 0.2) is 0 Å². The summed E-state index contributed by atoms with van der Waals surface area (Å²) in [6.07, 6.45) is 5.05. The molecule has 1 heterocycles. The van der Waals surface area contributed by atoms with Gasteiger partial charge < -0.3 is 0 Å². The number of H-pyrrole nitrogens is 1. The SMILES string of the molecule is CCCCN(CCCC)C(C)n1[nH]nnc1=S. The van der Waals surface area contributed by atoms with E-state index in [1.165, 1.54) is 25.7 Å². The van der Waals surface area contributed by atoms with Crippen LogP contribution in [0.25, 0.3) is 0 Å². The van der Waals surface area contributed by atoms with Crippen molar-refractivity contribution >= 4 is 12.2 Å². The van der Waals surface area contributed by atoms with Crippen LogP contribution in [0.3, 0.4) is 0 Å². The molecule has 0 aliphatic rings. The van der Waals surface area contributed by atoms with Gasteiger partial charge in [-0.15, -0.1) is 0 Å². The van der Waals surface area contributed by atoms with Gasteiger partial charge in [-0.05, 0) is 32.0 Å². The Kier molecular flexibility index (Phi) is 6.36. The zero-order chi connectivity index (χ0) is 12.7. The Balaban J connectivity index is 2.67. The zero-order valence-electron chi connectivity index (χ0n) is 11.0. The first-order valence-electron chi connectivity index (χ1n) is 6.44. The largest absolute Gasteiger partial charge is 0.282 e. The lowest BCUT2D eigenvalue weighted by Gasteiger charge is -2.28. The van der Waals surface area contributed by atoms with Gasteiger partial charge in [-0.1, -0.05) is 37.0 Å². The van der Waals surface area contributed by atoms with E-state index in [1.54, 1.807) is 0 Å². The summed E-state index contributed by atoms with van der Waals surface area (Å²) in [5.74, 6) is 0. The molecule has 0 amide bonds. The van der Waals surface area contributed by atoms with Crippen LogP contribution < -0.4 is 0 Å². The minimum atomic E-state index is 0.204. The second-order valence-electron chi connectivity index (χ2n) is 4.33. The highest BCUT2D eigenvalue weighted by Gasteiger charge is 2.15. The van der Waals surface area contributed by atoms with Gasteiger partial charge in [0.05, 0.1) is 0 Å². The van der Waals surface area contributed by atoms with Crippen molar-refractivity contribution in [1.29, 1.82) is 0 Å². The summed E-state index contributed by atoms with van der Waals surface area (Å²) in [6.45, 7) is 8.76. The number of aromatic nitrogens is 4. The molecule has 1 N–H and O–H groups in total. The lowest BCUT2D eigenvalue weighted by molar-refractivity contribution is 0.135. The molecule has 0 aliphatic carbocycles. The number of nitrogens with one attached hydrogen (secondary N) is 1. The smallest absolute Gasteiger partial charge is 0.239 e. The fraction of sp³-hybridized carbons (Fsp3) is 0.909. The fourth-order valence-electron chi connectivity index (χ4n) is 1.82. The van der Waals surface area contributed by atoms with Crippen LogP contribution in [-0.4, -0.2) is 38.2 Å². The van der Waals surface area contributed by atoms with Crippen molar-refractivity contribution in [3.05, 3.63) is 4.77 Å². The van der Waals surface area contributed by atoms with Crippen LogP contribution in [0.1, 0.15) is 52.6 Å². The molecule has 1 rings (SSSR count). The first-order valence-corrected chi connectivity index (χ1v) is 6.85. The van der Waals surface area contributed by atoms with Crippen LogP contribution in [-0.2, 0) is 0 Å². The highest BCUT2D eigenvalue weighted by atomic mass is 32.1. The molecule has 0 fully saturated rings. The predicted octanol–water partition coefficient (Wildman–Crippen LogP) is 2.76. The molecular weight excluding hydrogens is 234 g/mol. The van der Waals surface area contributed by atoms with Gasteiger partial charge in [0.2, 0.25) is 4.77 Å². The molecule has 1 aromatic heterocycles. The van der Waals surface area contributed by atoms with Crippen LogP contribution in [0.5, 0.6) is 0 Å². The normalized spacial score (nSPS) is 13.2. The van der Waals surface area contributed by atoms with Crippen molar-refractivity contribution in [1.82, 2.24) is 25.1 Å². The van der Waals surface area contributed by atoms with Crippen molar-refractivity contribution < 1.29 is 0 Å². The first kappa shape index (κ1) is 14.3. The average molecular weight is 257 g/mol. The second-order valence-corrected chi connectivity index (χ2v) is 4.69. The number of rotatable bonds is 8. The highest BCUT2D eigenvalue weighted by Crippen LogP contribution is 2.13. The molecule has 0 spiro atoms. The van der Waals surface area contributed by atoms with Crippen molar-refractivity contribution in [2.24, 2.45) is 0 Å². The Labute approximate surface area is 108 Å². The molecule has 0 bridgehead atoms. The molecule has 98 valence electrons. The van der Waals surface area contributed by atoms with E-state index < -0.39 is 0 Å². The van der Waals surface area contributed by atoms with E-state index in [2.05, 4.69) is 41.2 Å². The molecule has 0 aromatic carbocycles. The molecule has 0 radical (unpaired) electrons. The molecule has 1 aromatic rings. The Hall–Kier alpha value is -0.750. The summed E-state index contributed by atoms with van der Waals surface area (Å²) in [7, 11) is 0. The van der Waals surface area contributed by atoms with E-state index in [9.17, 15) is 0 Å². The fourth-order valence-corrected chi connectivity index (χ4v) is 2.05. The van der Waals surface area contributed by atoms with Crippen LogP contribution in [0.2, 0.25) is 0 Å². The van der Waals surface area contributed by atoms with Crippen LogP contribution in [0, 0.1) is 4.77 Å². The molecular formula is C11H23N5S. The summed E-state index contributed by atoms with van der Waals surface area (Å²) < 4.78 is 2.37. The Morgan fingerprint density at radius 1 is 1.29 bits per heavy atom. The molecule has 5 nitrogen and oxygen atoms in total. The number of hydrogen-bond donors (Lipinski definition) is 1. The average Bonchev–Trinajstić information content (AvgIpc) is 2.75. The number of unbranched alkanes of at least 4 members (excludes halogenated alkanes) is 2. The first-order chi connectivity index (χ1) is 8.20. The molecule has 0 saturated heterocycles. The van der Waals surface area contributed by atoms with Crippen molar-refractivity contribution in [2.75, 3.05) is 13.1 Å². The van der Waals surface area contributed by atoms with Gasteiger partial charge in [-0.25, -0.2) is 4.68 Å². The third-order valence-corrected chi connectivity index (χ3v) is 3.27. The summed E-state index contributed by atoms with van der Waals surface area (Å²) >= 11 is 5.14. The Bertz CT molecular complexity index is 351. The van der Waals surface area contributed by atoms with E-state index in [1.807, 2.05) is 4.68 Å². The number of tetrazole rings is 1. The van der Waals surface area contributed by atoms with Gasteiger partial charge in [0.15, 0.2) is 0 Å². The van der Waals surface area contributed by atoms with E-state index in [0.29, 0.717) is 4.77 Å². The van der Waals surface area contributed by atoms with E-state index in [0.717, 1.165) is 13.1 Å². The van der Waals surface area contributed by atoms with Gasteiger partial charge in [0.1, 0.15) is 6.17 Å². The van der Waals surface area contributed by atoms with E-state index in [4.69, 9.17) is 12.2 Å². The van der Waals surface area contributed by atoms with Gasteiger partial charge >= 0.3 is 0 Å². The molecule has 17 heavy (non-hydrogen) atoms. The maximum Gasteiger partial charge on any atom is 0.239 e. The maximum atomic E-state index is 5.14. The molecule has 6 heteroatoms. The van der Waals surface area contributed by atoms with E-state index in [-0.39, 0.29) is 6.17 Å². The van der Waals surface area contributed by atoms with Gasteiger partial charge in [0, 0.05) is 13.1 Å². The minimum absolute atomic E-state index is 0.204. The van der Waals surface area contributed by atoms with Gasteiger partial charge in [-0.3, -0.25) is 4.90 Å². The number of nitrogens with zero attached hydrogens (tertiary/aromatic N) is 4. The van der Waals surface area contributed by atoms with Gasteiger partial charge in [0.25, 0.3) is 0 Å². The van der Waals surface area contributed by atoms with Crippen molar-refractivity contribution in [2.45, 2.75) is 52.6 Å². The summed E-state index contributed by atoms with van der Waals surface area (Å²) in [5, 5.41) is 10.4. The standard InChI is InChI=1S/C11H23N5S/c1-4-6-8-15(9-7-5-2)10(3)16-11(17)12-13-14-16/h10H,4-9H2,1-3H3,(H,12,14,17). The Morgan fingerprint density at radius 2 is 1.88 bits per heavy atom. The monoisotopic (exact) mass is 257 g/mol. The third-order valence-electron chi connectivity index (χ3n) is 2.99. The minimum Gasteiger partial charge on any atom is -0.282 e. The Morgan fingerprint density at radius 3 is 2.29 bits per heavy atom. The summed E-state index contributed by atoms with van der Waals surface area (Å²) in [5.41, 5.74) is 0. The lowest BCUT2D eigenvalue weighted by atomic mass is 10.2. The topological polar surface area (TPSA) is 49.7 Å². The maximum absolute atomic E-state index is 5.14. The van der Waals surface area contributed by atoms with E-state index >= 15 is 0 Å². The highest BCUT2D eigenvalue weighted by molar-refractivity contribution is 7.71. The quantitative estimate of drug-likeness (QED) is 0.728. The molecule has 0 aliphatic heterocycles.